The van der Waals surface area contributed by atoms with E-state index < -0.39 is 0 Å². The Kier molecular flexibility index (Phi) is 7.25. The zero-order valence-corrected chi connectivity index (χ0v) is 21.6. The summed E-state index contributed by atoms with van der Waals surface area (Å²) in [4.78, 5) is 15.1. The molecule has 0 atom stereocenters. The second kappa shape index (κ2) is 11.3. The molecule has 3 aromatic carbocycles. The van der Waals surface area contributed by atoms with Crippen LogP contribution in [-0.4, -0.2) is 59.3 Å². The van der Waals surface area contributed by atoms with Crippen LogP contribution in [0.25, 0.3) is 6.08 Å². The highest BCUT2D eigenvalue weighted by Gasteiger charge is 2.34. The highest BCUT2D eigenvalue weighted by Crippen LogP contribution is 2.44. The van der Waals surface area contributed by atoms with Gasteiger partial charge in [-0.2, -0.15) is 0 Å². The topological polar surface area (TPSA) is 84.9 Å². The zero-order chi connectivity index (χ0) is 26.6. The van der Waals surface area contributed by atoms with Crippen molar-refractivity contribution >= 4 is 17.5 Å². The lowest BCUT2D eigenvalue weighted by Crippen LogP contribution is -2.32. The molecule has 39 heavy (non-hydrogen) atoms. The molecule has 3 aromatic rings. The van der Waals surface area contributed by atoms with Gasteiger partial charge in [0.15, 0.2) is 24.0 Å². The maximum absolute atomic E-state index is 13.1. The first kappa shape index (κ1) is 25.1. The number of nitrogens with zero attached hydrogens (tertiary/aromatic N) is 1. The van der Waals surface area contributed by atoms with Gasteiger partial charge in [0.05, 0.1) is 51.2 Å². The van der Waals surface area contributed by atoms with E-state index in [1.54, 1.807) is 19.3 Å². The van der Waals surface area contributed by atoms with Gasteiger partial charge in [0.1, 0.15) is 30.5 Å². The SMILES string of the molecule is C1COCCO1.COc1ccccc1C=C1Oc2c(ccc3c2CN(c2ccc4c(c2)OCCO4)CO3)C1=O. The molecule has 0 bridgehead atoms. The molecule has 0 spiro atoms. The van der Waals surface area contributed by atoms with Crippen molar-refractivity contribution in [3.63, 3.8) is 0 Å². The standard InChI is InChI=1S/C26H21NO6.C4H8O2/c1-29-20-5-3-2-4-16(20)12-24-25(28)18-7-9-21-19(26(18)33-24)14-27(15-32-21)17-6-8-22-23(13-17)31-11-10-30-22;1-2-6-4-3-5-1/h2-9,12-13H,10-11,14-15H2,1H3;1-4H2. The van der Waals surface area contributed by atoms with Gasteiger partial charge in [-0.3, -0.25) is 4.79 Å². The lowest BCUT2D eigenvalue weighted by Gasteiger charge is -2.32. The van der Waals surface area contributed by atoms with Gasteiger partial charge in [-0.1, -0.05) is 18.2 Å². The molecule has 4 heterocycles. The fraction of sp³-hybridized carbons (Fsp3) is 0.300. The molecule has 4 aliphatic heterocycles. The van der Waals surface area contributed by atoms with Crippen LogP contribution in [0.1, 0.15) is 21.5 Å². The Morgan fingerprint density at radius 3 is 2.33 bits per heavy atom. The molecule has 0 aromatic heterocycles. The Hall–Kier alpha value is -4.21. The van der Waals surface area contributed by atoms with Gasteiger partial charge < -0.3 is 38.1 Å². The number of Topliss-reactive ketones (excluding diaryl/α,β-unsaturated/α-hetero) is 1. The molecular formula is C30H29NO8. The van der Waals surface area contributed by atoms with Crippen LogP contribution in [0.3, 0.4) is 0 Å². The fourth-order valence-corrected chi connectivity index (χ4v) is 4.72. The summed E-state index contributed by atoms with van der Waals surface area (Å²) < 4.78 is 38.7. The van der Waals surface area contributed by atoms with Crippen molar-refractivity contribution < 1.29 is 38.0 Å². The van der Waals surface area contributed by atoms with Crippen molar-refractivity contribution in [2.45, 2.75) is 6.54 Å². The second-order valence-corrected chi connectivity index (χ2v) is 9.12. The van der Waals surface area contributed by atoms with E-state index in [0.717, 1.165) is 54.7 Å². The molecule has 1 saturated heterocycles. The molecule has 7 rings (SSSR count). The highest BCUT2D eigenvalue weighted by molar-refractivity contribution is 6.15. The molecule has 9 nitrogen and oxygen atoms in total. The summed E-state index contributed by atoms with van der Waals surface area (Å²) in [5, 5.41) is 0. The number of rotatable bonds is 3. The molecule has 4 aliphatic rings. The molecule has 0 aliphatic carbocycles. The van der Waals surface area contributed by atoms with Gasteiger partial charge >= 0.3 is 0 Å². The Balaban J connectivity index is 0.000000410. The minimum Gasteiger partial charge on any atom is -0.496 e. The predicted octanol–water partition coefficient (Wildman–Crippen LogP) is 4.47. The van der Waals surface area contributed by atoms with Crippen LogP contribution in [-0.2, 0) is 16.0 Å². The molecule has 0 saturated carbocycles. The summed E-state index contributed by atoms with van der Waals surface area (Å²) in [6.07, 6.45) is 1.72. The van der Waals surface area contributed by atoms with Crippen LogP contribution in [0.4, 0.5) is 5.69 Å². The van der Waals surface area contributed by atoms with Crippen LogP contribution in [0.2, 0.25) is 0 Å². The first-order chi connectivity index (χ1) is 19.2. The number of methoxy groups -OCH3 is 1. The maximum Gasteiger partial charge on any atom is 0.231 e. The fourth-order valence-electron chi connectivity index (χ4n) is 4.72. The normalized spacial score (nSPS) is 18.2. The van der Waals surface area contributed by atoms with Crippen molar-refractivity contribution in [2.24, 2.45) is 0 Å². The summed E-state index contributed by atoms with van der Waals surface area (Å²) in [5.74, 6) is 3.50. The monoisotopic (exact) mass is 531 g/mol. The van der Waals surface area contributed by atoms with Gasteiger partial charge in [-0.15, -0.1) is 0 Å². The van der Waals surface area contributed by atoms with Crippen LogP contribution < -0.4 is 28.6 Å². The number of carbonyl (C=O) groups is 1. The summed E-state index contributed by atoms with van der Waals surface area (Å²) in [5.41, 5.74) is 3.09. The summed E-state index contributed by atoms with van der Waals surface area (Å²) in [7, 11) is 1.60. The largest absolute Gasteiger partial charge is 0.496 e. The molecule has 9 heteroatoms. The van der Waals surface area contributed by atoms with Crippen LogP contribution in [0.15, 0.2) is 60.4 Å². The van der Waals surface area contributed by atoms with Crippen LogP contribution in [0, 0.1) is 0 Å². The smallest absolute Gasteiger partial charge is 0.231 e. The van der Waals surface area contributed by atoms with E-state index in [1.807, 2.05) is 48.5 Å². The summed E-state index contributed by atoms with van der Waals surface area (Å²) in [6.45, 7) is 5.10. The van der Waals surface area contributed by atoms with E-state index in [9.17, 15) is 4.79 Å². The third-order valence-electron chi connectivity index (χ3n) is 6.68. The number of fused-ring (bicyclic) bond motifs is 4. The molecule has 202 valence electrons. The first-order valence-electron chi connectivity index (χ1n) is 12.9. The second-order valence-electron chi connectivity index (χ2n) is 9.12. The van der Waals surface area contributed by atoms with Crippen LogP contribution >= 0.6 is 0 Å². The number of benzene rings is 3. The van der Waals surface area contributed by atoms with Gasteiger partial charge in [0.25, 0.3) is 0 Å². The first-order valence-corrected chi connectivity index (χ1v) is 12.9. The zero-order valence-electron chi connectivity index (χ0n) is 21.6. The van der Waals surface area contributed by atoms with E-state index in [1.165, 1.54) is 0 Å². The number of allylic oxidation sites excluding steroid dienone is 1. The minimum atomic E-state index is -0.157. The average Bonchev–Trinajstić information content (AvgIpc) is 3.33. The van der Waals surface area contributed by atoms with Crippen LogP contribution in [0.5, 0.6) is 28.7 Å². The molecule has 0 amide bonds. The number of para-hydroxylation sites is 1. The van der Waals surface area contributed by atoms with Crippen molar-refractivity contribution in [3.8, 4) is 28.7 Å². The Morgan fingerprint density at radius 1 is 0.821 bits per heavy atom. The van der Waals surface area contributed by atoms with Gasteiger partial charge in [-0.25, -0.2) is 0 Å². The molecule has 0 radical (unpaired) electrons. The van der Waals surface area contributed by atoms with E-state index in [4.69, 9.17) is 33.2 Å². The number of anilines is 1. The average molecular weight is 532 g/mol. The van der Waals surface area contributed by atoms with E-state index in [-0.39, 0.29) is 11.5 Å². The highest BCUT2D eigenvalue weighted by atomic mass is 16.6. The minimum absolute atomic E-state index is 0.157. The van der Waals surface area contributed by atoms with Crippen molar-refractivity contribution in [2.75, 3.05) is 58.4 Å². The molecular weight excluding hydrogens is 502 g/mol. The number of carbonyl (C=O) groups excluding carboxylic acids is 1. The lowest BCUT2D eigenvalue weighted by atomic mass is 10.0. The third-order valence-corrected chi connectivity index (χ3v) is 6.68. The Morgan fingerprint density at radius 2 is 1.56 bits per heavy atom. The van der Waals surface area contributed by atoms with Gasteiger partial charge in [0, 0.05) is 17.3 Å². The number of hydrogen-bond donors (Lipinski definition) is 0. The third kappa shape index (κ3) is 5.23. The van der Waals surface area contributed by atoms with E-state index in [2.05, 4.69) is 4.90 Å². The molecule has 0 N–H and O–H groups in total. The van der Waals surface area contributed by atoms with Gasteiger partial charge in [0.2, 0.25) is 5.78 Å². The number of hydrogen-bond acceptors (Lipinski definition) is 9. The predicted molar refractivity (Wildman–Crippen MR) is 143 cm³/mol. The number of ether oxygens (including phenoxy) is 7. The molecule has 0 unspecified atom stereocenters. The summed E-state index contributed by atoms with van der Waals surface area (Å²) in [6, 6.07) is 16.9. The van der Waals surface area contributed by atoms with E-state index in [0.29, 0.717) is 49.3 Å². The Bertz CT molecular complexity index is 1390. The maximum atomic E-state index is 13.1. The van der Waals surface area contributed by atoms with Gasteiger partial charge in [-0.05, 0) is 36.4 Å². The van der Waals surface area contributed by atoms with Crippen molar-refractivity contribution in [1.29, 1.82) is 0 Å². The Labute approximate surface area is 226 Å². The molecule has 1 fully saturated rings. The van der Waals surface area contributed by atoms with E-state index >= 15 is 0 Å². The van der Waals surface area contributed by atoms with Crippen molar-refractivity contribution in [1.82, 2.24) is 0 Å². The lowest BCUT2D eigenvalue weighted by molar-refractivity contribution is -0.0334. The summed E-state index contributed by atoms with van der Waals surface area (Å²) >= 11 is 0. The quantitative estimate of drug-likeness (QED) is 0.455. The van der Waals surface area contributed by atoms with Crippen molar-refractivity contribution in [3.05, 3.63) is 77.0 Å². The number of ketones is 1.